The lowest BCUT2D eigenvalue weighted by Crippen LogP contribution is -2.39. The van der Waals surface area contributed by atoms with Crippen LogP contribution < -0.4 is 16.6 Å². The number of hydrogen-bond acceptors (Lipinski definition) is 3. The van der Waals surface area contributed by atoms with Crippen molar-refractivity contribution in [2.24, 2.45) is 14.1 Å². The summed E-state index contributed by atoms with van der Waals surface area (Å²) in [6, 6.07) is 1.52. The summed E-state index contributed by atoms with van der Waals surface area (Å²) in [7, 11) is 3.19. The minimum Gasteiger partial charge on any atom is -0.311 e. The Morgan fingerprint density at radius 2 is 2.00 bits per heavy atom. The van der Waals surface area contributed by atoms with Gasteiger partial charge in [-0.3, -0.25) is 13.9 Å². The van der Waals surface area contributed by atoms with Crippen LogP contribution in [0.15, 0.2) is 27.3 Å². The van der Waals surface area contributed by atoms with Gasteiger partial charge in [0, 0.05) is 32.4 Å². The molecule has 0 aromatic carbocycles. The van der Waals surface area contributed by atoms with Gasteiger partial charge in [0.1, 0.15) is 0 Å². The third-order valence-electron chi connectivity index (χ3n) is 3.94. The molecule has 1 heterocycles. The van der Waals surface area contributed by atoms with E-state index in [-0.39, 0.29) is 11.2 Å². The molecule has 0 saturated carbocycles. The van der Waals surface area contributed by atoms with Crippen LogP contribution >= 0.6 is 0 Å². The van der Waals surface area contributed by atoms with E-state index in [0.717, 1.165) is 23.2 Å². The first-order chi connectivity index (χ1) is 9.59. The molecule has 0 saturated heterocycles. The van der Waals surface area contributed by atoms with Gasteiger partial charge in [0.05, 0.1) is 0 Å². The van der Waals surface area contributed by atoms with E-state index in [4.69, 9.17) is 0 Å². The van der Waals surface area contributed by atoms with Crippen molar-refractivity contribution in [1.29, 1.82) is 0 Å². The molecule has 0 aliphatic heterocycles. The van der Waals surface area contributed by atoms with Gasteiger partial charge >= 0.3 is 5.69 Å². The Hall–Kier alpha value is -1.62. The number of allylic oxidation sites excluding steroid dienone is 1. The highest BCUT2D eigenvalue weighted by atomic mass is 16.2. The summed E-state index contributed by atoms with van der Waals surface area (Å²) < 4.78 is 2.64. The Balaban J connectivity index is 1.90. The Kier molecular flexibility index (Phi) is 4.95. The van der Waals surface area contributed by atoms with E-state index in [9.17, 15) is 9.59 Å². The summed E-state index contributed by atoms with van der Waals surface area (Å²) in [5, 5.41) is 3.32. The van der Waals surface area contributed by atoms with E-state index in [2.05, 4.69) is 11.4 Å². The normalized spacial score (nSPS) is 15.2. The maximum Gasteiger partial charge on any atom is 0.330 e. The monoisotopic (exact) mass is 277 g/mol. The van der Waals surface area contributed by atoms with Crippen molar-refractivity contribution in [3.05, 3.63) is 44.2 Å². The molecule has 110 valence electrons. The molecule has 1 aliphatic rings. The zero-order chi connectivity index (χ0) is 14.5. The van der Waals surface area contributed by atoms with Gasteiger partial charge < -0.3 is 5.32 Å². The highest BCUT2D eigenvalue weighted by molar-refractivity contribution is 5.06. The van der Waals surface area contributed by atoms with Crippen LogP contribution in [0, 0.1) is 0 Å². The molecule has 2 rings (SSSR count). The van der Waals surface area contributed by atoms with Crippen molar-refractivity contribution in [3.8, 4) is 0 Å². The van der Waals surface area contributed by atoms with Gasteiger partial charge in [-0.1, -0.05) is 11.6 Å². The summed E-state index contributed by atoms with van der Waals surface area (Å²) in [5.74, 6) is 0. The van der Waals surface area contributed by atoms with E-state index >= 15 is 0 Å². The maximum atomic E-state index is 11.8. The van der Waals surface area contributed by atoms with E-state index in [1.165, 1.54) is 48.9 Å². The molecule has 0 bridgehead atoms. The summed E-state index contributed by atoms with van der Waals surface area (Å²) >= 11 is 0. The van der Waals surface area contributed by atoms with Crippen molar-refractivity contribution in [2.45, 2.75) is 38.6 Å². The third-order valence-corrected chi connectivity index (χ3v) is 3.94. The van der Waals surface area contributed by atoms with Crippen molar-refractivity contribution in [3.63, 3.8) is 0 Å². The predicted octanol–water partition coefficient (Wildman–Crippen LogP) is 1.06. The van der Waals surface area contributed by atoms with Gasteiger partial charge in [0.2, 0.25) is 0 Å². The lowest BCUT2D eigenvalue weighted by atomic mass is 9.97. The summed E-state index contributed by atoms with van der Waals surface area (Å²) in [5.41, 5.74) is 1.74. The molecule has 0 amide bonds. The van der Waals surface area contributed by atoms with Crippen LogP contribution in [0.2, 0.25) is 0 Å². The van der Waals surface area contributed by atoms with Crippen molar-refractivity contribution in [1.82, 2.24) is 14.5 Å². The molecule has 1 N–H and O–H groups in total. The zero-order valence-corrected chi connectivity index (χ0v) is 12.3. The lowest BCUT2D eigenvalue weighted by molar-refractivity contribution is 0.589. The first-order valence-electron chi connectivity index (χ1n) is 7.24. The highest BCUT2D eigenvalue weighted by Gasteiger charge is 2.06. The van der Waals surface area contributed by atoms with Crippen molar-refractivity contribution < 1.29 is 0 Å². The number of nitrogens with one attached hydrogen (secondary N) is 1. The second kappa shape index (κ2) is 6.70. The molecule has 0 unspecified atom stereocenters. The number of hydrogen-bond donors (Lipinski definition) is 1. The number of aromatic nitrogens is 2. The van der Waals surface area contributed by atoms with Gasteiger partial charge in [0.15, 0.2) is 0 Å². The van der Waals surface area contributed by atoms with Crippen LogP contribution in [0.25, 0.3) is 0 Å². The molecule has 0 fully saturated rings. The molecular weight excluding hydrogens is 254 g/mol. The van der Waals surface area contributed by atoms with Crippen molar-refractivity contribution >= 4 is 0 Å². The molecule has 0 radical (unpaired) electrons. The fraction of sp³-hybridized carbons (Fsp3) is 0.600. The zero-order valence-electron chi connectivity index (χ0n) is 12.3. The Bertz CT molecular complexity index is 611. The van der Waals surface area contributed by atoms with Crippen LogP contribution in [0.1, 0.15) is 37.8 Å². The Morgan fingerprint density at radius 3 is 2.70 bits per heavy atom. The van der Waals surface area contributed by atoms with Gasteiger partial charge in [-0.05, 0) is 38.6 Å². The standard InChI is InChI=1S/C15H23N3O2/c1-17-13(10-14(19)18(2)15(17)20)11-16-9-8-12-6-4-3-5-7-12/h6,10,16H,3-5,7-9,11H2,1-2H3. The van der Waals surface area contributed by atoms with Crippen LogP contribution in [0.3, 0.4) is 0 Å². The largest absolute Gasteiger partial charge is 0.330 e. The Morgan fingerprint density at radius 1 is 1.20 bits per heavy atom. The summed E-state index contributed by atoms with van der Waals surface area (Å²) in [6.07, 6.45) is 8.43. The molecule has 0 spiro atoms. The molecule has 1 aliphatic carbocycles. The van der Waals surface area contributed by atoms with Crippen molar-refractivity contribution in [2.75, 3.05) is 6.54 Å². The molecule has 20 heavy (non-hydrogen) atoms. The van der Waals surface area contributed by atoms with Gasteiger partial charge in [0.25, 0.3) is 5.56 Å². The fourth-order valence-corrected chi connectivity index (χ4v) is 2.55. The Labute approximate surface area is 118 Å². The van der Waals surface area contributed by atoms with Gasteiger partial charge in [-0.25, -0.2) is 4.79 Å². The second-order valence-corrected chi connectivity index (χ2v) is 5.41. The fourth-order valence-electron chi connectivity index (χ4n) is 2.55. The van der Waals surface area contributed by atoms with Crippen LogP contribution in [0.5, 0.6) is 0 Å². The van der Waals surface area contributed by atoms with E-state index in [1.54, 1.807) is 7.05 Å². The first-order valence-corrected chi connectivity index (χ1v) is 7.24. The summed E-state index contributed by atoms with van der Waals surface area (Å²) in [6.45, 7) is 1.43. The minimum absolute atomic E-state index is 0.250. The van der Waals surface area contributed by atoms with Gasteiger partial charge in [-0.2, -0.15) is 0 Å². The SMILES string of the molecule is Cn1c(CNCCC2=CCCCC2)cc(=O)n(C)c1=O. The first kappa shape index (κ1) is 14.8. The molecular formula is C15H23N3O2. The number of rotatable bonds is 5. The quantitative estimate of drug-likeness (QED) is 0.647. The molecule has 5 heteroatoms. The van der Waals surface area contributed by atoms with E-state index < -0.39 is 0 Å². The van der Waals surface area contributed by atoms with Gasteiger partial charge in [-0.15, -0.1) is 0 Å². The second-order valence-electron chi connectivity index (χ2n) is 5.41. The molecule has 5 nitrogen and oxygen atoms in total. The average Bonchev–Trinajstić information content (AvgIpc) is 2.47. The lowest BCUT2D eigenvalue weighted by Gasteiger charge is -2.14. The van der Waals surface area contributed by atoms with Crippen LogP contribution in [-0.2, 0) is 20.6 Å². The van der Waals surface area contributed by atoms with Crippen LogP contribution in [-0.4, -0.2) is 15.7 Å². The highest BCUT2D eigenvalue weighted by Crippen LogP contribution is 2.19. The topological polar surface area (TPSA) is 56.0 Å². The molecule has 0 atom stereocenters. The smallest absolute Gasteiger partial charge is 0.311 e. The predicted molar refractivity (Wildman–Crippen MR) is 79.8 cm³/mol. The average molecular weight is 277 g/mol. The molecule has 1 aromatic heterocycles. The summed E-state index contributed by atoms with van der Waals surface area (Å²) in [4.78, 5) is 23.4. The third kappa shape index (κ3) is 3.48. The maximum absolute atomic E-state index is 11.8. The minimum atomic E-state index is -0.274. The van der Waals surface area contributed by atoms with E-state index in [0.29, 0.717) is 6.54 Å². The molecule has 1 aromatic rings. The van der Waals surface area contributed by atoms with E-state index in [1.807, 2.05) is 0 Å². The number of nitrogens with zero attached hydrogens (tertiary/aromatic N) is 2. The van der Waals surface area contributed by atoms with Crippen LogP contribution in [0.4, 0.5) is 0 Å².